The van der Waals surface area contributed by atoms with Gasteiger partial charge in [-0.1, -0.05) is 36.4 Å². The smallest absolute Gasteiger partial charge is 0.255 e. The SMILES string of the molecule is CC(NC(=O)c1cc(C#N)cnc1NCc1ccc(-c2ccc(N)nc2)cc1)c1ccc(F)cc1. The van der Waals surface area contributed by atoms with Crippen LogP contribution in [0.15, 0.2) is 79.1 Å². The van der Waals surface area contributed by atoms with E-state index in [0.29, 0.717) is 18.2 Å². The summed E-state index contributed by atoms with van der Waals surface area (Å²) in [6.07, 6.45) is 3.14. The highest BCUT2D eigenvalue weighted by Crippen LogP contribution is 2.21. The van der Waals surface area contributed by atoms with Crippen molar-refractivity contribution < 1.29 is 9.18 Å². The Morgan fingerprint density at radius 3 is 2.40 bits per heavy atom. The Hall–Kier alpha value is -4.77. The van der Waals surface area contributed by atoms with Gasteiger partial charge < -0.3 is 16.4 Å². The molecule has 0 saturated heterocycles. The van der Waals surface area contributed by atoms with Gasteiger partial charge in [-0.15, -0.1) is 0 Å². The molecule has 0 aliphatic heterocycles. The van der Waals surface area contributed by atoms with Crippen molar-refractivity contribution in [1.82, 2.24) is 15.3 Å². The number of hydrogen-bond acceptors (Lipinski definition) is 6. The second-order valence-electron chi connectivity index (χ2n) is 8.00. The second-order valence-corrected chi connectivity index (χ2v) is 8.00. The summed E-state index contributed by atoms with van der Waals surface area (Å²) in [7, 11) is 0. The summed E-state index contributed by atoms with van der Waals surface area (Å²) >= 11 is 0. The lowest BCUT2D eigenvalue weighted by molar-refractivity contribution is 0.0940. The van der Waals surface area contributed by atoms with Gasteiger partial charge in [0.25, 0.3) is 5.91 Å². The molecule has 0 bridgehead atoms. The molecule has 0 spiro atoms. The van der Waals surface area contributed by atoms with Crippen molar-refractivity contribution in [3.8, 4) is 17.2 Å². The number of nitriles is 1. The van der Waals surface area contributed by atoms with Crippen LogP contribution in [0.4, 0.5) is 16.0 Å². The molecule has 0 radical (unpaired) electrons. The van der Waals surface area contributed by atoms with Crippen molar-refractivity contribution in [2.45, 2.75) is 19.5 Å². The van der Waals surface area contributed by atoms with E-state index < -0.39 is 0 Å². The number of hydrogen-bond donors (Lipinski definition) is 3. The first kappa shape index (κ1) is 23.4. The lowest BCUT2D eigenvalue weighted by Gasteiger charge is -2.16. The summed E-state index contributed by atoms with van der Waals surface area (Å²) in [5.41, 5.74) is 9.89. The van der Waals surface area contributed by atoms with E-state index in [1.54, 1.807) is 31.3 Å². The van der Waals surface area contributed by atoms with Crippen LogP contribution < -0.4 is 16.4 Å². The molecule has 2 aromatic carbocycles. The van der Waals surface area contributed by atoms with Gasteiger partial charge in [-0.3, -0.25) is 4.79 Å². The van der Waals surface area contributed by atoms with Gasteiger partial charge in [0.1, 0.15) is 23.5 Å². The minimum absolute atomic E-state index is 0.252. The zero-order valence-electron chi connectivity index (χ0n) is 19.0. The summed E-state index contributed by atoms with van der Waals surface area (Å²) in [6.45, 7) is 2.23. The lowest BCUT2D eigenvalue weighted by Crippen LogP contribution is -2.28. The standard InChI is InChI=1S/C27H23FN6O/c1-17(20-6-9-23(28)10-7-20)34-27(35)24-12-19(13-29)15-33-26(24)32-14-18-2-4-21(5-3-18)22-8-11-25(30)31-16-22/h2-12,15-17H,14H2,1H3,(H2,30,31)(H,32,33)(H,34,35). The molecule has 1 atom stereocenters. The van der Waals surface area contributed by atoms with Crippen LogP contribution in [0, 0.1) is 17.1 Å². The highest BCUT2D eigenvalue weighted by Gasteiger charge is 2.17. The summed E-state index contributed by atoms with van der Waals surface area (Å²) in [4.78, 5) is 21.4. The van der Waals surface area contributed by atoms with Crippen molar-refractivity contribution in [2.75, 3.05) is 11.1 Å². The quantitative estimate of drug-likeness (QED) is 0.359. The molecule has 4 aromatic rings. The van der Waals surface area contributed by atoms with Crippen LogP contribution in [0.2, 0.25) is 0 Å². The number of nitrogens with zero attached hydrogens (tertiary/aromatic N) is 3. The number of amides is 1. The molecule has 0 aliphatic rings. The van der Waals surface area contributed by atoms with Gasteiger partial charge in [-0.2, -0.15) is 5.26 Å². The number of nitrogens with two attached hydrogens (primary N) is 1. The maximum absolute atomic E-state index is 13.2. The Bertz CT molecular complexity index is 1360. The molecule has 1 amide bonds. The minimum atomic E-state index is -0.389. The monoisotopic (exact) mass is 466 g/mol. The molecule has 4 N–H and O–H groups in total. The fraction of sp³-hybridized carbons (Fsp3) is 0.111. The largest absolute Gasteiger partial charge is 0.384 e. The van der Waals surface area contributed by atoms with Gasteiger partial charge in [0.05, 0.1) is 17.2 Å². The van der Waals surface area contributed by atoms with E-state index in [-0.39, 0.29) is 28.9 Å². The number of carbonyl (C=O) groups excluding carboxylic acids is 1. The summed E-state index contributed by atoms with van der Waals surface area (Å²) in [6, 6.07) is 20.6. The maximum atomic E-state index is 13.2. The van der Waals surface area contributed by atoms with Gasteiger partial charge in [-0.25, -0.2) is 14.4 Å². The Balaban J connectivity index is 1.48. The molecular weight excluding hydrogens is 443 g/mol. The fourth-order valence-electron chi connectivity index (χ4n) is 3.53. The van der Waals surface area contributed by atoms with E-state index in [1.165, 1.54) is 24.4 Å². The van der Waals surface area contributed by atoms with E-state index in [1.807, 2.05) is 36.4 Å². The highest BCUT2D eigenvalue weighted by atomic mass is 19.1. The van der Waals surface area contributed by atoms with E-state index in [2.05, 4.69) is 20.6 Å². The van der Waals surface area contributed by atoms with E-state index in [9.17, 15) is 14.4 Å². The first-order chi connectivity index (χ1) is 16.9. The third kappa shape index (κ3) is 5.78. The topological polar surface area (TPSA) is 117 Å². The van der Waals surface area contributed by atoms with Crippen LogP contribution in [-0.4, -0.2) is 15.9 Å². The van der Waals surface area contributed by atoms with Crippen molar-refractivity contribution >= 4 is 17.5 Å². The fourth-order valence-corrected chi connectivity index (χ4v) is 3.53. The predicted octanol–water partition coefficient (Wildman–Crippen LogP) is 4.84. The molecule has 174 valence electrons. The highest BCUT2D eigenvalue weighted by molar-refractivity contribution is 5.99. The number of carbonyl (C=O) groups is 1. The predicted molar refractivity (Wildman–Crippen MR) is 133 cm³/mol. The van der Waals surface area contributed by atoms with Crippen LogP contribution in [0.1, 0.15) is 40.0 Å². The average Bonchev–Trinajstić information content (AvgIpc) is 2.88. The molecule has 2 aromatic heterocycles. The van der Waals surface area contributed by atoms with Crippen LogP contribution in [-0.2, 0) is 6.54 Å². The van der Waals surface area contributed by atoms with Gasteiger partial charge in [0.2, 0.25) is 0 Å². The maximum Gasteiger partial charge on any atom is 0.255 e. The average molecular weight is 467 g/mol. The number of nitrogen functional groups attached to an aromatic ring is 1. The van der Waals surface area contributed by atoms with Gasteiger partial charge in [0, 0.05) is 24.5 Å². The van der Waals surface area contributed by atoms with Crippen molar-refractivity contribution in [3.05, 3.63) is 107 Å². The summed E-state index contributed by atoms with van der Waals surface area (Å²) in [5, 5.41) is 15.3. The van der Waals surface area contributed by atoms with Crippen LogP contribution in [0.5, 0.6) is 0 Å². The molecule has 0 aliphatic carbocycles. The van der Waals surface area contributed by atoms with E-state index in [4.69, 9.17) is 5.73 Å². The molecule has 35 heavy (non-hydrogen) atoms. The molecule has 1 unspecified atom stereocenters. The number of halogens is 1. The molecule has 7 nitrogen and oxygen atoms in total. The zero-order chi connectivity index (χ0) is 24.8. The summed E-state index contributed by atoms with van der Waals surface area (Å²) < 4.78 is 13.2. The number of rotatable bonds is 7. The molecular formula is C27H23FN6O. The van der Waals surface area contributed by atoms with Gasteiger partial charge >= 0.3 is 0 Å². The third-order valence-corrected chi connectivity index (χ3v) is 5.51. The van der Waals surface area contributed by atoms with E-state index >= 15 is 0 Å². The molecule has 2 heterocycles. The van der Waals surface area contributed by atoms with Crippen LogP contribution in [0.3, 0.4) is 0 Å². The van der Waals surface area contributed by atoms with Crippen molar-refractivity contribution in [1.29, 1.82) is 5.26 Å². The summed E-state index contributed by atoms with van der Waals surface area (Å²) in [5.74, 6) is 0.0963. The van der Waals surface area contributed by atoms with Gasteiger partial charge in [-0.05, 0) is 53.9 Å². The Labute approximate surface area is 202 Å². The molecule has 0 saturated carbocycles. The Kier molecular flexibility index (Phi) is 6.98. The number of benzene rings is 2. The van der Waals surface area contributed by atoms with Gasteiger partial charge in [0.15, 0.2) is 0 Å². The lowest BCUT2D eigenvalue weighted by atomic mass is 10.1. The zero-order valence-corrected chi connectivity index (χ0v) is 19.0. The van der Waals surface area contributed by atoms with Crippen LogP contribution in [0.25, 0.3) is 11.1 Å². The number of nitrogens with one attached hydrogen (secondary N) is 2. The normalized spacial score (nSPS) is 11.3. The Morgan fingerprint density at radius 1 is 1.03 bits per heavy atom. The number of pyridine rings is 2. The molecule has 8 heteroatoms. The van der Waals surface area contributed by atoms with E-state index in [0.717, 1.165) is 22.3 Å². The van der Waals surface area contributed by atoms with Crippen molar-refractivity contribution in [2.24, 2.45) is 0 Å². The van der Waals surface area contributed by atoms with Crippen molar-refractivity contribution in [3.63, 3.8) is 0 Å². The Morgan fingerprint density at radius 2 is 1.74 bits per heavy atom. The van der Waals surface area contributed by atoms with Crippen LogP contribution >= 0.6 is 0 Å². The third-order valence-electron chi connectivity index (χ3n) is 5.51. The molecule has 4 rings (SSSR count). The number of aromatic nitrogens is 2. The minimum Gasteiger partial charge on any atom is -0.384 e. The first-order valence-electron chi connectivity index (χ1n) is 10.9. The number of anilines is 2. The second kappa shape index (κ2) is 10.4. The first-order valence-corrected chi connectivity index (χ1v) is 10.9. The molecule has 0 fully saturated rings.